The molecule has 1 aliphatic carbocycles. The second kappa shape index (κ2) is 6.43. The number of rotatable bonds is 0. The predicted octanol–water partition coefficient (Wildman–Crippen LogP) is -1.69. The second-order valence-electron chi connectivity index (χ2n) is 1.00. The van der Waals surface area contributed by atoms with Gasteiger partial charge < -0.3 is 12.4 Å². The third kappa shape index (κ3) is 4.28. The maximum atomic E-state index is 2.99. The summed E-state index contributed by atoms with van der Waals surface area (Å²) in [7, 11) is 0. The van der Waals surface area contributed by atoms with Crippen molar-refractivity contribution >= 4 is 0 Å². The molecule has 0 aromatic rings. The molecule has 0 fully saturated rings. The van der Waals surface area contributed by atoms with E-state index in [2.05, 4.69) is 12.2 Å². The molecule has 0 unspecified atom stereocenters. The fraction of sp³-hybridized carbons (Fsp3) is 0.200. The van der Waals surface area contributed by atoms with E-state index in [9.17, 15) is 0 Å². The standard InChI is InChI=1S/C5H5.ClH.Pd/c1-2-4-5-3-1;;/h1-3H,4H2;1H;/q-1;;+2/p-1. The van der Waals surface area contributed by atoms with Gasteiger partial charge in [0.1, 0.15) is 0 Å². The van der Waals surface area contributed by atoms with Gasteiger partial charge in [-0.3, -0.25) is 6.08 Å². The van der Waals surface area contributed by atoms with Crippen molar-refractivity contribution in [2.24, 2.45) is 0 Å². The minimum absolute atomic E-state index is 0. The quantitative estimate of drug-likeness (QED) is 0.328. The number of hydrogen-bond donors (Lipinski definition) is 0. The molecule has 0 amide bonds. The normalized spacial score (nSPS) is 12.6. The third-order valence-corrected chi connectivity index (χ3v) is 0.586. The van der Waals surface area contributed by atoms with Gasteiger partial charge in [0.05, 0.1) is 0 Å². The molecule has 0 spiro atoms. The number of allylic oxidation sites excluding steroid dienone is 4. The molecular weight excluding hydrogens is 202 g/mol. The Kier molecular flexibility index (Phi) is 9.58. The van der Waals surface area contributed by atoms with Gasteiger partial charge in [-0.1, -0.05) is 0 Å². The van der Waals surface area contributed by atoms with Gasteiger partial charge in [0.2, 0.25) is 0 Å². The van der Waals surface area contributed by atoms with Crippen molar-refractivity contribution < 1.29 is 32.8 Å². The van der Waals surface area contributed by atoms with Crippen molar-refractivity contribution in [3.05, 3.63) is 24.3 Å². The van der Waals surface area contributed by atoms with Crippen molar-refractivity contribution in [1.29, 1.82) is 0 Å². The topological polar surface area (TPSA) is 0 Å². The van der Waals surface area contributed by atoms with Crippen LogP contribution in [0.5, 0.6) is 0 Å². The number of halogens is 1. The molecule has 0 aromatic carbocycles. The molecule has 0 aromatic heterocycles. The van der Waals surface area contributed by atoms with Gasteiger partial charge in [-0.25, -0.2) is 12.2 Å². The Labute approximate surface area is 63.7 Å². The van der Waals surface area contributed by atoms with Crippen molar-refractivity contribution in [1.82, 2.24) is 0 Å². The fourth-order valence-corrected chi connectivity index (χ4v) is 0.340. The first-order chi connectivity index (χ1) is 2.50. The molecule has 0 radical (unpaired) electrons. The molecule has 0 N–H and O–H groups in total. The Morgan fingerprint density at radius 3 is 2.29 bits per heavy atom. The van der Waals surface area contributed by atoms with Crippen LogP contribution in [0.3, 0.4) is 0 Å². The van der Waals surface area contributed by atoms with Crippen LogP contribution in [0.25, 0.3) is 0 Å². The smallest absolute Gasteiger partial charge is 1.00 e. The van der Waals surface area contributed by atoms with Crippen LogP contribution in [0.4, 0.5) is 0 Å². The molecule has 0 nitrogen and oxygen atoms in total. The molecule has 0 heterocycles. The molecule has 0 saturated heterocycles. The maximum absolute atomic E-state index is 2.99. The van der Waals surface area contributed by atoms with Gasteiger partial charge in [-0.05, 0) is 0 Å². The van der Waals surface area contributed by atoms with Crippen LogP contribution >= 0.6 is 0 Å². The summed E-state index contributed by atoms with van der Waals surface area (Å²) in [6.07, 6.45) is 10.0. The Morgan fingerprint density at radius 2 is 2.14 bits per heavy atom. The van der Waals surface area contributed by atoms with Crippen LogP contribution in [0.2, 0.25) is 0 Å². The Bertz CT molecular complexity index is 66.1. The van der Waals surface area contributed by atoms with Crippen LogP contribution in [0.15, 0.2) is 18.2 Å². The van der Waals surface area contributed by atoms with Crippen LogP contribution in [0, 0.1) is 6.08 Å². The van der Waals surface area contributed by atoms with E-state index in [1.807, 2.05) is 12.2 Å². The van der Waals surface area contributed by atoms with E-state index < -0.39 is 0 Å². The molecule has 42 valence electrons. The molecule has 0 atom stereocenters. The van der Waals surface area contributed by atoms with E-state index >= 15 is 0 Å². The summed E-state index contributed by atoms with van der Waals surface area (Å²) in [6, 6.07) is 0. The predicted molar refractivity (Wildman–Crippen MR) is 21.6 cm³/mol. The van der Waals surface area contributed by atoms with Crippen LogP contribution < -0.4 is 12.4 Å². The minimum Gasteiger partial charge on any atom is -1.00 e. The molecule has 0 aliphatic heterocycles. The van der Waals surface area contributed by atoms with Crippen molar-refractivity contribution in [2.45, 2.75) is 6.42 Å². The van der Waals surface area contributed by atoms with Crippen LogP contribution in [-0.2, 0) is 20.4 Å². The average Bonchev–Trinajstić information content (AvgIpc) is 1.76. The van der Waals surface area contributed by atoms with E-state index in [0.717, 1.165) is 6.42 Å². The zero-order chi connectivity index (χ0) is 3.54. The molecule has 2 heteroatoms. The SMILES string of the molecule is [C-]1=CC=CC1.[Cl-].[Pd+2]. The minimum atomic E-state index is 0. The molecule has 0 bridgehead atoms. The summed E-state index contributed by atoms with van der Waals surface area (Å²) in [6.45, 7) is 0. The first kappa shape index (κ1) is 10.4. The van der Waals surface area contributed by atoms with Crippen LogP contribution in [-0.4, -0.2) is 0 Å². The first-order valence-electron chi connectivity index (χ1n) is 1.72. The van der Waals surface area contributed by atoms with Crippen molar-refractivity contribution in [2.75, 3.05) is 0 Å². The largest absolute Gasteiger partial charge is 2.00 e. The van der Waals surface area contributed by atoms with Gasteiger partial charge in [-0.15, -0.1) is 6.42 Å². The monoisotopic (exact) mass is 206 g/mol. The summed E-state index contributed by atoms with van der Waals surface area (Å²) in [5.74, 6) is 0. The van der Waals surface area contributed by atoms with E-state index in [4.69, 9.17) is 0 Å². The van der Waals surface area contributed by atoms with Gasteiger partial charge in [0.25, 0.3) is 0 Å². The maximum Gasteiger partial charge on any atom is 2.00 e. The Morgan fingerprint density at radius 1 is 1.43 bits per heavy atom. The van der Waals surface area contributed by atoms with Gasteiger partial charge in [-0.2, -0.15) is 6.08 Å². The molecule has 1 aliphatic rings. The third-order valence-electron chi connectivity index (χ3n) is 0.586. The summed E-state index contributed by atoms with van der Waals surface area (Å²) >= 11 is 0. The van der Waals surface area contributed by atoms with Gasteiger partial charge >= 0.3 is 20.4 Å². The average molecular weight is 207 g/mol. The molecule has 0 saturated carbocycles. The first-order valence-corrected chi connectivity index (χ1v) is 1.72. The van der Waals surface area contributed by atoms with Crippen molar-refractivity contribution in [3.8, 4) is 0 Å². The zero-order valence-corrected chi connectivity index (χ0v) is 5.94. The Balaban J connectivity index is 0. The van der Waals surface area contributed by atoms with E-state index in [1.54, 1.807) is 0 Å². The van der Waals surface area contributed by atoms with E-state index in [-0.39, 0.29) is 32.8 Å². The van der Waals surface area contributed by atoms with Crippen LogP contribution in [0.1, 0.15) is 6.42 Å². The van der Waals surface area contributed by atoms with Gasteiger partial charge in [0, 0.05) is 0 Å². The molecule has 1 rings (SSSR count). The summed E-state index contributed by atoms with van der Waals surface area (Å²) in [4.78, 5) is 0. The van der Waals surface area contributed by atoms with Crippen molar-refractivity contribution in [3.63, 3.8) is 0 Å². The molecular formula is C5H5ClPd. The summed E-state index contributed by atoms with van der Waals surface area (Å²) in [5.41, 5.74) is 0. The fourth-order valence-electron chi connectivity index (χ4n) is 0.340. The van der Waals surface area contributed by atoms with Gasteiger partial charge in [0.15, 0.2) is 0 Å². The summed E-state index contributed by atoms with van der Waals surface area (Å²) in [5, 5.41) is 0. The molecule has 7 heavy (non-hydrogen) atoms. The van der Waals surface area contributed by atoms with E-state index in [1.165, 1.54) is 0 Å². The second-order valence-corrected chi connectivity index (χ2v) is 1.00. The Hall–Kier alpha value is 0.432. The number of hydrogen-bond acceptors (Lipinski definition) is 0. The zero-order valence-electron chi connectivity index (χ0n) is 3.63. The summed E-state index contributed by atoms with van der Waals surface area (Å²) < 4.78 is 0. The van der Waals surface area contributed by atoms with E-state index in [0.29, 0.717) is 0 Å².